The minimum Gasteiger partial charge on any atom is -0.478 e. The highest BCUT2D eigenvalue weighted by molar-refractivity contribution is 9.11. The lowest BCUT2D eigenvalue weighted by molar-refractivity contribution is -0.132. The van der Waals surface area contributed by atoms with Gasteiger partial charge in [-0.2, -0.15) is 0 Å². The first-order chi connectivity index (χ1) is 12.0. The summed E-state index contributed by atoms with van der Waals surface area (Å²) in [5.41, 5.74) is 1.97. The average Bonchev–Trinajstić information content (AvgIpc) is 3.25. The molecule has 0 bridgehead atoms. The van der Waals surface area contributed by atoms with Crippen LogP contribution < -0.4 is 9.80 Å². The van der Waals surface area contributed by atoms with E-state index in [9.17, 15) is 9.90 Å². The van der Waals surface area contributed by atoms with Crippen LogP contribution in [0.3, 0.4) is 0 Å². The molecule has 2 aromatic rings. The molecule has 130 valence electrons. The zero-order chi connectivity index (χ0) is 17.6. The number of fused-ring (bicyclic) bond motifs is 1. The van der Waals surface area contributed by atoms with Gasteiger partial charge in [0.25, 0.3) is 0 Å². The molecule has 0 amide bonds. The van der Waals surface area contributed by atoms with Crippen LogP contribution in [0.1, 0.15) is 25.3 Å². The van der Waals surface area contributed by atoms with E-state index < -0.39 is 5.97 Å². The Labute approximate surface area is 157 Å². The third kappa shape index (κ3) is 2.93. The molecule has 6 nitrogen and oxygen atoms in total. The molecule has 0 aromatic carbocycles. The summed E-state index contributed by atoms with van der Waals surface area (Å²) in [7, 11) is 0. The van der Waals surface area contributed by atoms with E-state index in [4.69, 9.17) is 4.98 Å². The number of allylic oxidation sites excluding steroid dienone is 1. The second-order valence-electron chi connectivity index (χ2n) is 6.17. The molecule has 2 aliphatic rings. The Kier molecular flexibility index (Phi) is 4.24. The van der Waals surface area contributed by atoms with Crippen LogP contribution in [0.2, 0.25) is 0 Å². The number of hydrogen-bond donors (Lipinski definition) is 1. The molecule has 0 aliphatic carbocycles. The van der Waals surface area contributed by atoms with Crippen LogP contribution in [0.25, 0.3) is 0 Å². The van der Waals surface area contributed by atoms with E-state index in [-0.39, 0.29) is 0 Å². The molecule has 1 N–H and O–H groups in total. The molecule has 4 heterocycles. The molecule has 0 atom stereocenters. The molecule has 1 fully saturated rings. The molecular formula is C17H17BrN4O2S. The van der Waals surface area contributed by atoms with Gasteiger partial charge in [-0.25, -0.2) is 14.8 Å². The van der Waals surface area contributed by atoms with Gasteiger partial charge in [-0.3, -0.25) is 4.90 Å². The zero-order valence-electron chi connectivity index (χ0n) is 13.7. The molecule has 4 rings (SSSR count). The van der Waals surface area contributed by atoms with Gasteiger partial charge in [-0.05, 0) is 41.8 Å². The van der Waals surface area contributed by atoms with E-state index in [1.165, 1.54) is 24.2 Å². The Balaban J connectivity index is 1.84. The molecule has 0 unspecified atom stereocenters. The summed E-state index contributed by atoms with van der Waals surface area (Å²) in [6, 6.07) is 4.00. The number of thiazole rings is 1. The van der Waals surface area contributed by atoms with Crippen LogP contribution in [-0.2, 0) is 11.2 Å². The van der Waals surface area contributed by atoms with Gasteiger partial charge in [0.1, 0.15) is 11.6 Å². The van der Waals surface area contributed by atoms with Crippen molar-refractivity contribution >= 4 is 50.0 Å². The number of carboxylic acids is 1. The number of pyridine rings is 1. The first-order valence-corrected chi connectivity index (χ1v) is 9.75. The number of rotatable bonds is 3. The van der Waals surface area contributed by atoms with Crippen molar-refractivity contribution in [1.82, 2.24) is 9.97 Å². The quantitative estimate of drug-likeness (QED) is 0.810. The highest BCUT2D eigenvalue weighted by atomic mass is 79.9. The lowest BCUT2D eigenvalue weighted by Crippen LogP contribution is -2.28. The van der Waals surface area contributed by atoms with Crippen LogP contribution in [-0.4, -0.2) is 34.1 Å². The fourth-order valence-corrected chi connectivity index (χ4v) is 4.58. The van der Waals surface area contributed by atoms with Gasteiger partial charge in [-0.15, -0.1) is 0 Å². The first-order valence-electron chi connectivity index (χ1n) is 8.14. The summed E-state index contributed by atoms with van der Waals surface area (Å²) >= 11 is 4.90. The number of carbonyl (C=O) groups is 1. The Morgan fingerprint density at radius 3 is 2.72 bits per heavy atom. The maximum Gasteiger partial charge on any atom is 0.333 e. The Bertz CT molecular complexity index is 873. The number of nitrogens with zero attached hydrogens (tertiary/aromatic N) is 4. The monoisotopic (exact) mass is 420 g/mol. The van der Waals surface area contributed by atoms with Gasteiger partial charge >= 0.3 is 5.97 Å². The maximum absolute atomic E-state index is 11.7. The van der Waals surface area contributed by atoms with Gasteiger partial charge in [0.15, 0.2) is 5.13 Å². The number of halogens is 1. The van der Waals surface area contributed by atoms with Crippen molar-refractivity contribution in [1.29, 1.82) is 0 Å². The number of aromatic nitrogens is 2. The van der Waals surface area contributed by atoms with Crippen LogP contribution in [0.15, 0.2) is 33.4 Å². The van der Waals surface area contributed by atoms with Crippen molar-refractivity contribution in [2.75, 3.05) is 22.9 Å². The van der Waals surface area contributed by atoms with E-state index in [1.807, 2.05) is 24.0 Å². The van der Waals surface area contributed by atoms with Crippen LogP contribution in [0.4, 0.5) is 16.8 Å². The van der Waals surface area contributed by atoms with Crippen molar-refractivity contribution in [2.24, 2.45) is 0 Å². The number of carboxylic acid groups (broad SMARTS) is 1. The van der Waals surface area contributed by atoms with E-state index in [0.29, 0.717) is 17.7 Å². The summed E-state index contributed by atoms with van der Waals surface area (Å²) in [5, 5.41) is 10.3. The fourth-order valence-electron chi connectivity index (χ4n) is 3.35. The van der Waals surface area contributed by atoms with Crippen LogP contribution in [0.5, 0.6) is 0 Å². The summed E-state index contributed by atoms with van der Waals surface area (Å²) in [5.74, 6) is 0.838. The van der Waals surface area contributed by atoms with Gasteiger partial charge in [0, 0.05) is 30.8 Å². The topological polar surface area (TPSA) is 69.6 Å². The van der Waals surface area contributed by atoms with Gasteiger partial charge in [0.05, 0.1) is 15.6 Å². The van der Waals surface area contributed by atoms with Crippen LogP contribution in [0, 0.1) is 0 Å². The van der Waals surface area contributed by atoms with Crippen molar-refractivity contribution in [3.8, 4) is 0 Å². The predicted octanol–water partition coefficient (Wildman–Crippen LogP) is 3.95. The molecule has 2 aliphatic heterocycles. The zero-order valence-corrected chi connectivity index (χ0v) is 16.1. The van der Waals surface area contributed by atoms with E-state index in [2.05, 4.69) is 25.8 Å². The minimum absolute atomic E-state index is 0.382. The smallest absolute Gasteiger partial charge is 0.333 e. The average molecular weight is 421 g/mol. The van der Waals surface area contributed by atoms with Crippen molar-refractivity contribution in [2.45, 2.75) is 26.2 Å². The van der Waals surface area contributed by atoms with Gasteiger partial charge in [0.2, 0.25) is 0 Å². The number of anilines is 3. The van der Waals surface area contributed by atoms with Crippen molar-refractivity contribution in [3.05, 3.63) is 38.9 Å². The molecule has 1 saturated heterocycles. The summed E-state index contributed by atoms with van der Waals surface area (Å²) in [6.07, 6.45) is 4.48. The molecule has 25 heavy (non-hydrogen) atoms. The second kappa shape index (κ2) is 6.42. The maximum atomic E-state index is 11.7. The largest absolute Gasteiger partial charge is 0.478 e. The Hall–Kier alpha value is -1.93. The highest BCUT2D eigenvalue weighted by Gasteiger charge is 2.31. The number of hydrogen-bond acceptors (Lipinski definition) is 6. The Morgan fingerprint density at radius 1 is 1.32 bits per heavy atom. The molecule has 0 radical (unpaired) electrons. The van der Waals surface area contributed by atoms with Crippen molar-refractivity contribution < 1.29 is 9.90 Å². The highest BCUT2D eigenvalue weighted by Crippen LogP contribution is 2.41. The lowest BCUT2D eigenvalue weighted by Gasteiger charge is -2.31. The molecule has 2 aromatic heterocycles. The molecular weight excluding hydrogens is 404 g/mol. The first kappa shape index (κ1) is 16.5. The van der Waals surface area contributed by atoms with E-state index in [0.717, 1.165) is 39.2 Å². The van der Waals surface area contributed by atoms with Crippen LogP contribution >= 0.6 is 27.3 Å². The number of aliphatic carboxylic acids is 1. The lowest BCUT2D eigenvalue weighted by atomic mass is 9.99. The standard InChI is InChI=1S/C17H17BrN4O2S/c1-10-12(16(23)24)8-11-4-5-14(21-6-2-3-7-21)20-15(11)22(10)17-19-9-13(18)25-17/h4-5,9H,2-3,6-8H2,1H3,(H,23,24). The van der Waals surface area contributed by atoms with E-state index in [1.54, 1.807) is 6.20 Å². The summed E-state index contributed by atoms with van der Waals surface area (Å²) < 4.78 is 0.898. The molecule has 8 heteroatoms. The van der Waals surface area contributed by atoms with Gasteiger partial charge < -0.3 is 10.0 Å². The third-order valence-corrected chi connectivity index (χ3v) is 6.10. The third-order valence-electron chi connectivity index (χ3n) is 4.64. The predicted molar refractivity (Wildman–Crippen MR) is 102 cm³/mol. The van der Waals surface area contributed by atoms with E-state index >= 15 is 0 Å². The second-order valence-corrected chi connectivity index (χ2v) is 8.56. The molecule has 0 spiro atoms. The summed E-state index contributed by atoms with van der Waals surface area (Å²) in [6.45, 7) is 3.86. The van der Waals surface area contributed by atoms with Crippen molar-refractivity contribution in [3.63, 3.8) is 0 Å². The normalized spacial score (nSPS) is 17.2. The minimum atomic E-state index is -0.896. The summed E-state index contributed by atoms with van der Waals surface area (Å²) in [4.78, 5) is 25.2. The molecule has 0 saturated carbocycles. The fraction of sp³-hybridized carbons (Fsp3) is 0.353. The Morgan fingerprint density at radius 2 is 2.08 bits per heavy atom. The van der Waals surface area contributed by atoms with Gasteiger partial charge in [-0.1, -0.05) is 17.4 Å². The SMILES string of the molecule is CC1=C(C(=O)O)Cc2ccc(N3CCCC3)nc2N1c1ncc(Br)s1.